The molecule has 2 heterocycles. The van der Waals surface area contributed by atoms with E-state index in [2.05, 4.69) is 48.4 Å². The lowest BCUT2D eigenvalue weighted by Crippen LogP contribution is -2.34. The Balaban J connectivity index is 1.52. The zero-order valence-electron chi connectivity index (χ0n) is 18.9. The SMILES string of the molecule is Cc1ccc2c(c1)Cc1cccc(c1)CN(C(=O)CCc1ccnn1C)CCOCCO2. The van der Waals surface area contributed by atoms with E-state index in [-0.39, 0.29) is 5.91 Å². The van der Waals surface area contributed by atoms with Crippen molar-refractivity contribution in [3.05, 3.63) is 82.7 Å². The average Bonchev–Trinajstić information content (AvgIpc) is 3.19. The molecule has 6 heteroatoms. The molecule has 0 radical (unpaired) electrons. The van der Waals surface area contributed by atoms with Crippen LogP contribution < -0.4 is 4.74 Å². The molecule has 32 heavy (non-hydrogen) atoms. The molecule has 1 amide bonds. The van der Waals surface area contributed by atoms with E-state index in [1.54, 1.807) is 6.20 Å². The fourth-order valence-electron chi connectivity index (χ4n) is 4.08. The number of benzene rings is 2. The van der Waals surface area contributed by atoms with Gasteiger partial charge in [-0.1, -0.05) is 42.0 Å². The van der Waals surface area contributed by atoms with Crippen LogP contribution in [0.3, 0.4) is 0 Å². The molecular weight excluding hydrogens is 402 g/mol. The van der Waals surface area contributed by atoms with Crippen LogP contribution in [0.2, 0.25) is 0 Å². The zero-order valence-corrected chi connectivity index (χ0v) is 18.9. The van der Waals surface area contributed by atoms with E-state index < -0.39 is 0 Å². The van der Waals surface area contributed by atoms with Crippen LogP contribution in [-0.2, 0) is 36.0 Å². The first-order valence-electron chi connectivity index (χ1n) is 11.2. The van der Waals surface area contributed by atoms with Gasteiger partial charge < -0.3 is 14.4 Å². The fraction of sp³-hybridized carbons (Fsp3) is 0.385. The Kier molecular flexibility index (Phi) is 7.22. The van der Waals surface area contributed by atoms with Crippen molar-refractivity contribution in [3.8, 4) is 5.75 Å². The molecule has 0 unspecified atom stereocenters. The summed E-state index contributed by atoms with van der Waals surface area (Å²) < 4.78 is 13.6. The van der Waals surface area contributed by atoms with Gasteiger partial charge in [0.2, 0.25) is 5.91 Å². The van der Waals surface area contributed by atoms with Crippen molar-refractivity contribution in [2.45, 2.75) is 32.7 Å². The van der Waals surface area contributed by atoms with E-state index in [4.69, 9.17) is 9.47 Å². The van der Waals surface area contributed by atoms with E-state index >= 15 is 0 Å². The van der Waals surface area contributed by atoms with Gasteiger partial charge in [0, 0.05) is 44.9 Å². The van der Waals surface area contributed by atoms with Gasteiger partial charge in [0.25, 0.3) is 0 Å². The molecular formula is C26H31N3O3. The topological polar surface area (TPSA) is 56.6 Å². The first-order chi connectivity index (χ1) is 15.6. The average molecular weight is 434 g/mol. The number of aromatic nitrogens is 2. The predicted octanol–water partition coefficient (Wildman–Crippen LogP) is 3.69. The van der Waals surface area contributed by atoms with E-state index in [0.29, 0.717) is 45.8 Å². The highest BCUT2D eigenvalue weighted by molar-refractivity contribution is 5.76. The summed E-state index contributed by atoms with van der Waals surface area (Å²) in [6.07, 6.45) is 3.69. The van der Waals surface area contributed by atoms with Gasteiger partial charge in [-0.05, 0) is 42.2 Å². The monoisotopic (exact) mass is 433 g/mol. The van der Waals surface area contributed by atoms with Crippen LogP contribution in [0.1, 0.15) is 34.4 Å². The number of nitrogens with zero attached hydrogens (tertiary/aromatic N) is 3. The summed E-state index contributed by atoms with van der Waals surface area (Å²) in [6, 6.07) is 16.8. The van der Waals surface area contributed by atoms with E-state index in [1.807, 2.05) is 28.8 Å². The Hall–Kier alpha value is -3.12. The maximum Gasteiger partial charge on any atom is 0.223 e. The standard InChI is InChI=1S/C26H31N3O3/c1-20-6-8-25-23(16-20)18-21-4-3-5-22(17-21)19-29(12-13-31-14-15-32-25)26(30)9-7-24-10-11-27-28(24)2/h3-6,8,10-11,16-17H,7,9,12-15,18-19H2,1-2H3. The minimum absolute atomic E-state index is 0.129. The molecule has 0 aliphatic carbocycles. The van der Waals surface area contributed by atoms with Gasteiger partial charge in [0.15, 0.2) is 0 Å². The molecule has 6 nitrogen and oxygen atoms in total. The summed E-state index contributed by atoms with van der Waals surface area (Å²) in [6.45, 7) is 4.71. The number of hydrogen-bond donors (Lipinski definition) is 0. The van der Waals surface area contributed by atoms with Crippen LogP contribution in [0.15, 0.2) is 54.7 Å². The molecule has 168 valence electrons. The molecule has 1 aromatic heterocycles. The number of ether oxygens (including phenoxy) is 2. The third kappa shape index (κ3) is 5.77. The van der Waals surface area contributed by atoms with Crippen LogP contribution in [0, 0.1) is 6.92 Å². The molecule has 2 aromatic carbocycles. The van der Waals surface area contributed by atoms with Gasteiger partial charge in [0.05, 0.1) is 13.2 Å². The molecule has 0 fully saturated rings. The minimum Gasteiger partial charge on any atom is -0.491 e. The summed E-state index contributed by atoms with van der Waals surface area (Å²) in [4.78, 5) is 15.0. The summed E-state index contributed by atoms with van der Waals surface area (Å²) >= 11 is 0. The second kappa shape index (κ2) is 10.5. The normalized spacial score (nSPS) is 14.9. The number of rotatable bonds is 3. The van der Waals surface area contributed by atoms with Gasteiger partial charge in [-0.15, -0.1) is 0 Å². The molecule has 0 atom stereocenters. The number of amides is 1. The molecule has 0 saturated carbocycles. The third-order valence-electron chi connectivity index (χ3n) is 5.84. The number of aryl methyl sites for hydroxylation is 3. The number of fused-ring (bicyclic) bond motifs is 3. The Morgan fingerprint density at radius 1 is 1.06 bits per heavy atom. The highest BCUT2D eigenvalue weighted by Gasteiger charge is 2.16. The first-order valence-corrected chi connectivity index (χ1v) is 11.2. The number of carbonyl (C=O) groups excluding carboxylic acids is 1. The van der Waals surface area contributed by atoms with Crippen molar-refractivity contribution >= 4 is 5.91 Å². The van der Waals surface area contributed by atoms with E-state index in [1.165, 1.54) is 16.7 Å². The molecule has 4 rings (SSSR count). The summed E-state index contributed by atoms with van der Waals surface area (Å²) in [5.74, 6) is 1.04. The maximum atomic E-state index is 13.1. The van der Waals surface area contributed by atoms with Crippen molar-refractivity contribution in [2.24, 2.45) is 7.05 Å². The highest BCUT2D eigenvalue weighted by Crippen LogP contribution is 2.24. The summed E-state index contributed by atoms with van der Waals surface area (Å²) in [7, 11) is 1.91. The number of hydrogen-bond acceptors (Lipinski definition) is 4. The Labute approximate surface area is 189 Å². The minimum atomic E-state index is 0.129. The van der Waals surface area contributed by atoms with Gasteiger partial charge in [-0.2, -0.15) is 5.10 Å². The highest BCUT2D eigenvalue weighted by atomic mass is 16.5. The summed E-state index contributed by atoms with van der Waals surface area (Å²) in [5, 5.41) is 4.19. The zero-order chi connectivity index (χ0) is 22.3. The molecule has 2 bridgehead atoms. The van der Waals surface area contributed by atoms with Crippen molar-refractivity contribution in [1.82, 2.24) is 14.7 Å². The van der Waals surface area contributed by atoms with E-state index in [0.717, 1.165) is 23.4 Å². The van der Waals surface area contributed by atoms with Gasteiger partial charge in [-0.25, -0.2) is 0 Å². The molecule has 3 aromatic rings. The first kappa shape index (κ1) is 22.1. The smallest absolute Gasteiger partial charge is 0.223 e. The molecule has 1 aliphatic rings. The number of carbonyl (C=O) groups is 1. The largest absolute Gasteiger partial charge is 0.491 e. The quantitative estimate of drug-likeness (QED) is 0.632. The molecule has 0 spiro atoms. The van der Waals surface area contributed by atoms with Gasteiger partial charge in [0.1, 0.15) is 12.4 Å². The van der Waals surface area contributed by atoms with Gasteiger partial charge in [-0.3, -0.25) is 9.48 Å². The molecule has 0 N–H and O–H groups in total. The lowest BCUT2D eigenvalue weighted by Gasteiger charge is -2.24. The van der Waals surface area contributed by atoms with Crippen LogP contribution >= 0.6 is 0 Å². The van der Waals surface area contributed by atoms with Crippen molar-refractivity contribution in [1.29, 1.82) is 0 Å². The van der Waals surface area contributed by atoms with Crippen molar-refractivity contribution < 1.29 is 14.3 Å². The Morgan fingerprint density at radius 2 is 1.94 bits per heavy atom. The van der Waals surface area contributed by atoms with Crippen molar-refractivity contribution in [3.63, 3.8) is 0 Å². The lowest BCUT2D eigenvalue weighted by atomic mass is 10.00. The maximum absolute atomic E-state index is 13.1. The van der Waals surface area contributed by atoms with Crippen LogP contribution in [0.25, 0.3) is 0 Å². The Morgan fingerprint density at radius 3 is 2.78 bits per heavy atom. The van der Waals surface area contributed by atoms with Crippen molar-refractivity contribution in [2.75, 3.05) is 26.4 Å². The third-order valence-corrected chi connectivity index (χ3v) is 5.84. The molecule has 0 saturated heterocycles. The molecule has 1 aliphatic heterocycles. The summed E-state index contributed by atoms with van der Waals surface area (Å²) in [5.41, 5.74) is 5.79. The van der Waals surface area contributed by atoms with Gasteiger partial charge >= 0.3 is 0 Å². The van der Waals surface area contributed by atoms with Crippen LogP contribution in [0.4, 0.5) is 0 Å². The van der Waals surface area contributed by atoms with Crippen LogP contribution in [0.5, 0.6) is 5.75 Å². The van der Waals surface area contributed by atoms with Crippen LogP contribution in [-0.4, -0.2) is 47.0 Å². The second-order valence-corrected chi connectivity index (χ2v) is 8.33. The fourth-order valence-corrected chi connectivity index (χ4v) is 4.08. The Bertz CT molecular complexity index is 1060. The van der Waals surface area contributed by atoms with E-state index in [9.17, 15) is 4.79 Å². The lowest BCUT2D eigenvalue weighted by molar-refractivity contribution is -0.132. The predicted molar refractivity (Wildman–Crippen MR) is 124 cm³/mol. The second-order valence-electron chi connectivity index (χ2n) is 8.33.